The monoisotopic (exact) mass is 485 g/mol. The molecule has 0 aliphatic carbocycles. The molecule has 2 amide bonds. The Morgan fingerprint density at radius 2 is 1.86 bits per heavy atom. The van der Waals surface area contributed by atoms with Gasteiger partial charge in [0.25, 0.3) is 11.8 Å². The summed E-state index contributed by atoms with van der Waals surface area (Å²) < 4.78 is 52.6. The maximum atomic E-state index is 13.7. The highest BCUT2D eigenvalue weighted by atomic mass is 19.4. The maximum Gasteiger partial charge on any atom is 0.418 e. The Labute approximate surface area is 196 Å². The van der Waals surface area contributed by atoms with Crippen molar-refractivity contribution in [3.8, 4) is 11.4 Å². The van der Waals surface area contributed by atoms with E-state index in [2.05, 4.69) is 20.9 Å². The molecule has 0 unspecified atom stereocenters. The first-order valence-electron chi connectivity index (χ1n) is 10.1. The zero-order chi connectivity index (χ0) is 25.2. The fourth-order valence-corrected chi connectivity index (χ4v) is 3.27. The first-order valence-corrected chi connectivity index (χ1v) is 10.1. The average Bonchev–Trinajstić information content (AvgIpc) is 3.49. The summed E-state index contributed by atoms with van der Waals surface area (Å²) in [7, 11) is 1.50. The summed E-state index contributed by atoms with van der Waals surface area (Å²) in [6.07, 6.45) is -2.39. The fourth-order valence-electron chi connectivity index (χ4n) is 3.27. The third-order valence-corrected chi connectivity index (χ3v) is 5.02. The Kier molecular flexibility index (Phi) is 6.28. The number of hydrogen-bond acceptors (Lipinski definition) is 6. The van der Waals surface area contributed by atoms with E-state index in [4.69, 9.17) is 9.15 Å². The van der Waals surface area contributed by atoms with Crippen molar-refractivity contribution in [3.63, 3.8) is 0 Å². The van der Waals surface area contributed by atoms with Gasteiger partial charge in [0.2, 0.25) is 0 Å². The van der Waals surface area contributed by atoms with Crippen molar-refractivity contribution in [1.29, 1.82) is 0 Å². The van der Waals surface area contributed by atoms with Crippen molar-refractivity contribution in [2.75, 3.05) is 17.7 Å². The molecule has 2 N–H and O–H groups in total. The molecule has 0 fully saturated rings. The lowest BCUT2D eigenvalue weighted by Crippen LogP contribution is -2.19. The number of carbonyl (C=O) groups is 2. The van der Waals surface area contributed by atoms with Crippen LogP contribution in [0.1, 0.15) is 32.1 Å². The lowest BCUT2D eigenvalue weighted by atomic mass is 10.1. The highest BCUT2D eigenvalue weighted by Crippen LogP contribution is 2.37. The number of rotatable bonds is 6. The number of amides is 2. The van der Waals surface area contributed by atoms with Crippen LogP contribution in [-0.2, 0) is 6.18 Å². The van der Waals surface area contributed by atoms with Crippen LogP contribution >= 0.6 is 0 Å². The number of furan rings is 1. The van der Waals surface area contributed by atoms with Crippen molar-refractivity contribution in [2.24, 2.45) is 0 Å². The summed E-state index contributed by atoms with van der Waals surface area (Å²) in [6.45, 7) is 1.56. The van der Waals surface area contributed by atoms with E-state index in [9.17, 15) is 22.8 Å². The molecule has 35 heavy (non-hydrogen) atoms. The number of alkyl halides is 3. The minimum atomic E-state index is -4.81. The molecule has 12 heteroatoms. The number of nitrogens with one attached hydrogen (secondary N) is 2. The molecule has 0 aliphatic rings. The number of ether oxygens (including phenoxy) is 1. The van der Waals surface area contributed by atoms with Crippen LogP contribution in [0.3, 0.4) is 0 Å². The highest BCUT2D eigenvalue weighted by molar-refractivity contribution is 6.05. The molecule has 2 heterocycles. The minimum absolute atomic E-state index is 0.110. The van der Waals surface area contributed by atoms with Gasteiger partial charge in [0, 0.05) is 11.8 Å². The van der Waals surface area contributed by atoms with Gasteiger partial charge in [-0.2, -0.15) is 13.2 Å². The molecule has 0 atom stereocenters. The van der Waals surface area contributed by atoms with Crippen molar-refractivity contribution in [1.82, 2.24) is 15.0 Å². The number of nitrogens with zero attached hydrogens (tertiary/aromatic N) is 3. The Morgan fingerprint density at radius 1 is 1.06 bits per heavy atom. The Morgan fingerprint density at radius 3 is 2.54 bits per heavy atom. The number of halogens is 3. The second-order valence-corrected chi connectivity index (χ2v) is 7.32. The van der Waals surface area contributed by atoms with Crippen molar-refractivity contribution >= 4 is 23.2 Å². The topological polar surface area (TPSA) is 111 Å². The van der Waals surface area contributed by atoms with E-state index in [1.807, 2.05) is 0 Å². The summed E-state index contributed by atoms with van der Waals surface area (Å²) in [6, 6.07) is 11.2. The van der Waals surface area contributed by atoms with Crippen LogP contribution < -0.4 is 15.4 Å². The molecule has 2 aromatic heterocycles. The van der Waals surface area contributed by atoms with Crippen molar-refractivity contribution < 1.29 is 31.9 Å². The van der Waals surface area contributed by atoms with E-state index < -0.39 is 29.2 Å². The second-order valence-electron chi connectivity index (χ2n) is 7.32. The van der Waals surface area contributed by atoms with Gasteiger partial charge < -0.3 is 19.8 Å². The van der Waals surface area contributed by atoms with Crippen LogP contribution in [-0.4, -0.2) is 33.9 Å². The van der Waals surface area contributed by atoms with Crippen LogP contribution in [0.5, 0.6) is 5.75 Å². The van der Waals surface area contributed by atoms with Crippen LogP contribution in [0, 0.1) is 6.92 Å². The number of anilines is 2. The van der Waals surface area contributed by atoms with Crippen LogP contribution in [0.25, 0.3) is 5.69 Å². The molecule has 0 spiro atoms. The minimum Gasteiger partial charge on any atom is -0.497 e. The quantitative estimate of drug-likeness (QED) is 0.410. The largest absolute Gasteiger partial charge is 0.497 e. The van der Waals surface area contributed by atoms with Crippen molar-refractivity contribution in [3.05, 3.63) is 83.6 Å². The molecule has 4 aromatic rings. The average molecular weight is 485 g/mol. The first-order chi connectivity index (χ1) is 16.7. The van der Waals surface area contributed by atoms with Gasteiger partial charge in [-0.1, -0.05) is 11.3 Å². The predicted octanol–water partition coefficient (Wildman–Crippen LogP) is 4.70. The van der Waals surface area contributed by atoms with E-state index in [0.29, 0.717) is 17.1 Å². The summed E-state index contributed by atoms with van der Waals surface area (Å²) in [5.74, 6) is -0.969. The third kappa shape index (κ3) is 5.00. The molecule has 0 saturated heterocycles. The van der Waals surface area contributed by atoms with Gasteiger partial charge in [0.05, 0.1) is 41.6 Å². The van der Waals surface area contributed by atoms with Crippen LogP contribution in [0.15, 0.2) is 65.5 Å². The number of hydrogen-bond donors (Lipinski definition) is 2. The molecule has 4 rings (SSSR count). The maximum absolute atomic E-state index is 13.7. The van der Waals surface area contributed by atoms with Gasteiger partial charge in [0.15, 0.2) is 5.69 Å². The molecule has 0 radical (unpaired) electrons. The first kappa shape index (κ1) is 23.5. The zero-order valence-electron chi connectivity index (χ0n) is 18.4. The molecule has 9 nitrogen and oxygen atoms in total. The molecule has 0 aliphatic heterocycles. The van der Waals surface area contributed by atoms with E-state index in [0.717, 1.165) is 18.4 Å². The lowest BCUT2D eigenvalue weighted by molar-refractivity contribution is -0.136. The Balaban J connectivity index is 1.59. The summed E-state index contributed by atoms with van der Waals surface area (Å²) in [5, 5.41) is 12.4. The Bertz CT molecular complexity index is 1380. The zero-order valence-corrected chi connectivity index (χ0v) is 18.4. The summed E-state index contributed by atoms with van der Waals surface area (Å²) in [4.78, 5) is 24.9. The molecule has 0 bridgehead atoms. The van der Waals surface area contributed by atoms with Gasteiger partial charge in [0.1, 0.15) is 12.0 Å². The predicted molar refractivity (Wildman–Crippen MR) is 119 cm³/mol. The van der Waals surface area contributed by atoms with Gasteiger partial charge in [-0.05, 0) is 43.3 Å². The smallest absolute Gasteiger partial charge is 0.418 e. The second kappa shape index (κ2) is 9.33. The normalized spacial score (nSPS) is 11.2. The van der Waals surface area contributed by atoms with Gasteiger partial charge in [-0.15, -0.1) is 5.10 Å². The number of methoxy groups -OCH3 is 1. The highest BCUT2D eigenvalue weighted by Gasteiger charge is 2.35. The molecule has 180 valence electrons. The number of carbonyl (C=O) groups excluding carboxylic acids is 2. The molecular formula is C23H18F3N5O4. The van der Waals surface area contributed by atoms with E-state index in [1.165, 1.54) is 30.2 Å². The lowest BCUT2D eigenvalue weighted by Gasteiger charge is -2.15. The molecule has 0 saturated carbocycles. The van der Waals surface area contributed by atoms with Gasteiger partial charge in [-0.25, -0.2) is 4.68 Å². The standard InChI is InChI=1S/C23H18F3N5O4/c1-13-20(29-30-31(13)16-4-3-5-17(11-16)34-2)22(33)28-19-7-6-15(10-18(19)23(24,25)26)27-21(32)14-8-9-35-12-14/h3-12H,1-2H3,(H,27,32)(H,28,33). The van der Waals surface area contributed by atoms with E-state index in [1.54, 1.807) is 31.2 Å². The van der Waals surface area contributed by atoms with E-state index in [-0.39, 0.29) is 16.9 Å². The number of benzene rings is 2. The van der Waals surface area contributed by atoms with Crippen molar-refractivity contribution in [2.45, 2.75) is 13.1 Å². The Hall–Kier alpha value is -4.61. The third-order valence-electron chi connectivity index (χ3n) is 5.02. The van der Waals surface area contributed by atoms with Crippen LogP contribution in [0.2, 0.25) is 0 Å². The molecular weight excluding hydrogens is 467 g/mol. The van der Waals surface area contributed by atoms with E-state index >= 15 is 0 Å². The molecule has 2 aromatic carbocycles. The number of aromatic nitrogens is 3. The van der Waals surface area contributed by atoms with Crippen LogP contribution in [0.4, 0.5) is 24.5 Å². The van der Waals surface area contributed by atoms with Gasteiger partial charge >= 0.3 is 6.18 Å². The SMILES string of the molecule is COc1cccc(-n2nnc(C(=O)Nc3ccc(NC(=O)c4ccoc4)cc3C(F)(F)F)c2C)c1. The van der Waals surface area contributed by atoms with Gasteiger partial charge in [-0.3, -0.25) is 9.59 Å². The summed E-state index contributed by atoms with van der Waals surface area (Å²) >= 11 is 0. The summed E-state index contributed by atoms with van der Waals surface area (Å²) in [5.41, 5.74) is -0.895. The fraction of sp³-hybridized carbons (Fsp3) is 0.130.